The maximum Gasteiger partial charge on any atom is 0.200 e. The first-order chi connectivity index (χ1) is 10.5. The molecule has 1 N–H and O–H groups in total. The van der Waals surface area contributed by atoms with Crippen LogP contribution in [-0.4, -0.2) is 5.11 Å². The van der Waals surface area contributed by atoms with Crippen molar-refractivity contribution in [1.29, 1.82) is 0 Å². The van der Waals surface area contributed by atoms with Crippen molar-refractivity contribution in [2.24, 2.45) is 0 Å². The molecular weight excluding hydrogens is 296 g/mol. The van der Waals surface area contributed by atoms with E-state index in [1.54, 1.807) is 18.2 Å². The highest BCUT2D eigenvalue weighted by atomic mass is 32.1. The summed E-state index contributed by atoms with van der Waals surface area (Å²) in [5.41, 5.74) is 3.71. The maximum atomic E-state index is 12.7. The van der Waals surface area contributed by atoms with Gasteiger partial charge in [-0.3, -0.25) is 4.79 Å². The van der Waals surface area contributed by atoms with Gasteiger partial charge in [-0.1, -0.05) is 24.8 Å². The van der Waals surface area contributed by atoms with Crippen LogP contribution in [0.5, 0.6) is 0 Å². The third-order valence-electron chi connectivity index (χ3n) is 3.84. The van der Waals surface area contributed by atoms with E-state index in [1.807, 2.05) is 19.1 Å². The topological polar surface area (TPSA) is 50.4 Å². The van der Waals surface area contributed by atoms with E-state index in [9.17, 15) is 9.90 Å². The van der Waals surface area contributed by atoms with Gasteiger partial charge in [0, 0.05) is 23.3 Å². The highest BCUT2D eigenvalue weighted by Gasteiger charge is 2.14. The van der Waals surface area contributed by atoms with E-state index >= 15 is 0 Å². The van der Waals surface area contributed by atoms with E-state index in [2.05, 4.69) is 19.2 Å². The molecule has 3 rings (SSSR count). The summed E-state index contributed by atoms with van der Waals surface area (Å²) in [7, 11) is 0. The first-order valence-electron chi connectivity index (χ1n) is 6.97. The molecule has 0 unspecified atom stereocenters. The zero-order valence-corrected chi connectivity index (χ0v) is 13.1. The van der Waals surface area contributed by atoms with Gasteiger partial charge < -0.3 is 9.52 Å². The number of benzene rings is 2. The fourth-order valence-electron chi connectivity index (χ4n) is 2.71. The summed E-state index contributed by atoms with van der Waals surface area (Å²) in [6.07, 6.45) is 0.258. The molecule has 0 spiro atoms. The van der Waals surface area contributed by atoms with Crippen LogP contribution in [0.3, 0.4) is 0 Å². The van der Waals surface area contributed by atoms with E-state index in [4.69, 9.17) is 4.42 Å². The number of hydrogen-bond donors (Lipinski definition) is 2. The first kappa shape index (κ1) is 14.7. The van der Waals surface area contributed by atoms with Crippen molar-refractivity contribution in [3.05, 3.63) is 69.6 Å². The average molecular weight is 312 g/mol. The molecular formula is C18H16O3S. The molecule has 0 aliphatic rings. The summed E-state index contributed by atoms with van der Waals surface area (Å²) in [6.45, 7) is 5.48. The number of allylic oxidation sites excluding steroid dienone is 1. The molecule has 1 heterocycles. The molecule has 0 aliphatic heterocycles. The molecule has 22 heavy (non-hydrogen) atoms. The van der Waals surface area contributed by atoms with Gasteiger partial charge in [0.25, 0.3) is 0 Å². The molecule has 0 amide bonds. The summed E-state index contributed by atoms with van der Waals surface area (Å²) >= 11 is 4.35. The Morgan fingerprint density at radius 3 is 2.64 bits per heavy atom. The van der Waals surface area contributed by atoms with E-state index in [0.29, 0.717) is 27.7 Å². The number of para-hydroxylation sites is 1. The Labute approximate surface area is 133 Å². The molecule has 3 aromatic rings. The molecule has 0 saturated heterocycles. The monoisotopic (exact) mass is 312 g/mol. The minimum absolute atomic E-state index is 0.0360. The van der Waals surface area contributed by atoms with Crippen LogP contribution in [0.1, 0.15) is 16.7 Å². The first-order valence-corrected chi connectivity index (χ1v) is 7.60. The Kier molecular flexibility index (Phi) is 3.71. The lowest BCUT2D eigenvalue weighted by atomic mass is 10.0. The molecule has 0 fully saturated rings. The maximum absolute atomic E-state index is 12.7. The fourth-order valence-corrected chi connectivity index (χ4v) is 3.10. The van der Waals surface area contributed by atoms with Crippen LogP contribution in [0, 0.1) is 6.92 Å². The van der Waals surface area contributed by atoms with Crippen LogP contribution in [0.2, 0.25) is 0 Å². The summed E-state index contributed by atoms with van der Waals surface area (Å²) in [5.74, 6) is 0.529. The smallest absolute Gasteiger partial charge is 0.200 e. The largest absolute Gasteiger partial charge is 0.513 e. The SMILES string of the molecule is C=C(O)Cc1cccc2c(=O)c3ccc(C)c(CS)c3oc12. The third kappa shape index (κ3) is 2.29. The quantitative estimate of drug-likeness (QED) is 0.431. The van der Waals surface area contributed by atoms with Gasteiger partial charge in [0.05, 0.1) is 16.5 Å². The Hall–Kier alpha value is -2.20. The van der Waals surface area contributed by atoms with Crippen molar-refractivity contribution in [3.63, 3.8) is 0 Å². The van der Waals surface area contributed by atoms with Gasteiger partial charge in [0.1, 0.15) is 11.2 Å². The number of fused-ring (bicyclic) bond motifs is 2. The molecule has 0 atom stereocenters. The normalized spacial score (nSPS) is 11.2. The van der Waals surface area contributed by atoms with Crippen molar-refractivity contribution >= 4 is 34.6 Å². The minimum Gasteiger partial charge on any atom is -0.513 e. The van der Waals surface area contributed by atoms with Crippen molar-refractivity contribution in [3.8, 4) is 0 Å². The molecule has 0 radical (unpaired) electrons. The zero-order valence-electron chi connectivity index (χ0n) is 12.2. The van der Waals surface area contributed by atoms with E-state index < -0.39 is 0 Å². The minimum atomic E-state index is -0.0651. The van der Waals surface area contributed by atoms with Gasteiger partial charge in [-0.15, -0.1) is 0 Å². The Bertz CT molecular complexity index is 954. The van der Waals surface area contributed by atoms with Gasteiger partial charge >= 0.3 is 0 Å². The lowest BCUT2D eigenvalue weighted by Gasteiger charge is -2.10. The summed E-state index contributed by atoms with van der Waals surface area (Å²) in [6, 6.07) is 9.06. The lowest BCUT2D eigenvalue weighted by molar-refractivity contribution is 0.401. The molecule has 3 nitrogen and oxygen atoms in total. The summed E-state index contributed by atoms with van der Waals surface area (Å²) in [4.78, 5) is 12.7. The second-order valence-corrected chi connectivity index (χ2v) is 5.68. The zero-order chi connectivity index (χ0) is 15.9. The van der Waals surface area contributed by atoms with Crippen LogP contribution in [0.4, 0.5) is 0 Å². The molecule has 0 bridgehead atoms. The van der Waals surface area contributed by atoms with Crippen LogP contribution in [0.25, 0.3) is 21.9 Å². The molecule has 0 aliphatic carbocycles. The van der Waals surface area contributed by atoms with Gasteiger partial charge in [0.15, 0.2) is 0 Å². The van der Waals surface area contributed by atoms with Gasteiger partial charge in [-0.05, 0) is 24.6 Å². The number of rotatable bonds is 3. The average Bonchev–Trinajstić information content (AvgIpc) is 2.48. The second-order valence-electron chi connectivity index (χ2n) is 5.36. The van der Waals surface area contributed by atoms with Crippen molar-refractivity contribution < 1.29 is 9.52 Å². The van der Waals surface area contributed by atoms with Crippen molar-refractivity contribution in [2.45, 2.75) is 19.1 Å². The van der Waals surface area contributed by atoms with Crippen molar-refractivity contribution in [2.75, 3.05) is 0 Å². The number of aryl methyl sites for hydroxylation is 1. The highest BCUT2D eigenvalue weighted by Crippen LogP contribution is 2.27. The van der Waals surface area contributed by atoms with Gasteiger partial charge in [-0.25, -0.2) is 0 Å². The fraction of sp³-hybridized carbons (Fsp3) is 0.167. The summed E-state index contributed by atoms with van der Waals surface area (Å²) in [5, 5.41) is 10.5. The Morgan fingerprint density at radius 2 is 1.95 bits per heavy atom. The second kappa shape index (κ2) is 5.54. The summed E-state index contributed by atoms with van der Waals surface area (Å²) < 4.78 is 6.06. The van der Waals surface area contributed by atoms with Crippen LogP contribution in [-0.2, 0) is 12.2 Å². The number of hydrogen-bond acceptors (Lipinski definition) is 4. The van der Waals surface area contributed by atoms with Crippen LogP contribution >= 0.6 is 12.6 Å². The number of thiol groups is 1. The number of aliphatic hydroxyl groups is 1. The van der Waals surface area contributed by atoms with E-state index in [-0.39, 0.29) is 17.6 Å². The van der Waals surface area contributed by atoms with Gasteiger partial charge in [0.2, 0.25) is 5.43 Å². The molecule has 4 heteroatoms. The third-order valence-corrected chi connectivity index (χ3v) is 4.15. The standard InChI is InChI=1S/C18H16O3S/c1-10-6-7-14-16(20)13-5-3-4-12(8-11(2)19)17(13)21-18(14)15(10)9-22/h3-7,19,22H,2,8-9H2,1H3. The lowest BCUT2D eigenvalue weighted by Crippen LogP contribution is -2.05. The molecule has 1 aromatic heterocycles. The molecule has 112 valence electrons. The predicted octanol–water partition coefficient (Wildman–Crippen LogP) is 4.30. The van der Waals surface area contributed by atoms with Crippen molar-refractivity contribution in [1.82, 2.24) is 0 Å². The van der Waals surface area contributed by atoms with Crippen LogP contribution in [0.15, 0.2) is 51.9 Å². The van der Waals surface area contributed by atoms with E-state index in [0.717, 1.165) is 16.7 Å². The highest BCUT2D eigenvalue weighted by molar-refractivity contribution is 7.79. The van der Waals surface area contributed by atoms with Crippen LogP contribution < -0.4 is 5.43 Å². The Balaban J connectivity index is 2.48. The van der Waals surface area contributed by atoms with E-state index in [1.165, 1.54) is 0 Å². The Morgan fingerprint density at radius 1 is 1.23 bits per heavy atom. The molecule has 2 aromatic carbocycles. The van der Waals surface area contributed by atoms with Gasteiger partial charge in [-0.2, -0.15) is 12.6 Å². The molecule has 0 saturated carbocycles. The number of aliphatic hydroxyl groups excluding tert-OH is 1. The predicted molar refractivity (Wildman–Crippen MR) is 92.9 cm³/mol.